The molecule has 1 aliphatic rings. The van der Waals surface area contributed by atoms with Gasteiger partial charge in [-0.25, -0.2) is 4.98 Å². The van der Waals surface area contributed by atoms with E-state index in [1.54, 1.807) is 0 Å². The molecule has 0 saturated carbocycles. The molecule has 134 valence electrons. The smallest absolute Gasteiger partial charge is 0.259 e. The van der Waals surface area contributed by atoms with Gasteiger partial charge >= 0.3 is 0 Å². The molecule has 5 heteroatoms. The molecule has 0 aliphatic carbocycles. The Morgan fingerprint density at radius 2 is 1.96 bits per heavy atom. The van der Waals surface area contributed by atoms with Gasteiger partial charge in [0.25, 0.3) is 11.6 Å². The number of rotatable bonds is 2. The van der Waals surface area contributed by atoms with Crippen LogP contribution in [0.25, 0.3) is 22.4 Å². The molecule has 5 nitrogen and oxygen atoms in total. The van der Waals surface area contributed by atoms with Crippen molar-refractivity contribution >= 4 is 17.0 Å². The predicted octanol–water partition coefficient (Wildman–Crippen LogP) is 4.52. The van der Waals surface area contributed by atoms with Crippen molar-refractivity contribution in [3.8, 4) is 11.3 Å². The average Bonchev–Trinajstić information content (AvgIpc) is 3.05. The van der Waals surface area contributed by atoms with Crippen molar-refractivity contribution in [1.29, 1.82) is 0 Å². The summed E-state index contributed by atoms with van der Waals surface area (Å²) >= 11 is 0. The third-order valence-corrected chi connectivity index (χ3v) is 5.19. The standard InChI is InChI=1S/C21H23N3O2/c1-13-7-9-16(10-8-13)19-18-17(12-14(2)22-20(18)26-23-19)21(25)24-11-5-4-6-15(24)3/h7-10,12,15H,4-6,11H2,1-3H3/t15-/m0/s1. The van der Waals surface area contributed by atoms with Gasteiger partial charge < -0.3 is 9.42 Å². The summed E-state index contributed by atoms with van der Waals surface area (Å²) in [5, 5.41) is 4.95. The van der Waals surface area contributed by atoms with Crippen LogP contribution in [0.15, 0.2) is 34.9 Å². The van der Waals surface area contributed by atoms with Crippen molar-refractivity contribution in [2.24, 2.45) is 0 Å². The van der Waals surface area contributed by atoms with Crippen LogP contribution in [0.2, 0.25) is 0 Å². The Bertz CT molecular complexity index is 959. The second-order valence-electron chi connectivity index (χ2n) is 7.23. The fourth-order valence-electron chi connectivity index (χ4n) is 3.71. The Balaban J connectivity index is 1.87. The molecule has 1 saturated heterocycles. The third kappa shape index (κ3) is 2.87. The van der Waals surface area contributed by atoms with Crippen LogP contribution in [0.3, 0.4) is 0 Å². The van der Waals surface area contributed by atoms with Gasteiger partial charge in [0.2, 0.25) is 0 Å². The molecule has 0 bridgehead atoms. The number of hydrogen-bond donors (Lipinski definition) is 0. The Morgan fingerprint density at radius 1 is 1.19 bits per heavy atom. The van der Waals surface area contributed by atoms with Crippen LogP contribution >= 0.6 is 0 Å². The van der Waals surface area contributed by atoms with Crippen molar-refractivity contribution in [1.82, 2.24) is 15.0 Å². The molecule has 3 aromatic rings. The highest BCUT2D eigenvalue weighted by molar-refractivity contribution is 6.09. The first-order chi connectivity index (χ1) is 12.5. The fraction of sp³-hybridized carbons (Fsp3) is 0.381. The van der Waals surface area contributed by atoms with E-state index in [-0.39, 0.29) is 11.9 Å². The van der Waals surface area contributed by atoms with Gasteiger partial charge in [0.15, 0.2) is 0 Å². The predicted molar refractivity (Wildman–Crippen MR) is 101 cm³/mol. The SMILES string of the molecule is Cc1ccc(-c2noc3nc(C)cc(C(=O)N4CCCC[C@@H]4C)c23)cc1. The number of nitrogens with zero attached hydrogens (tertiary/aromatic N) is 3. The van der Waals surface area contributed by atoms with E-state index >= 15 is 0 Å². The molecule has 0 unspecified atom stereocenters. The molecule has 1 atom stereocenters. The maximum absolute atomic E-state index is 13.3. The molecule has 3 heterocycles. The summed E-state index contributed by atoms with van der Waals surface area (Å²) < 4.78 is 5.49. The minimum Gasteiger partial charge on any atom is -0.336 e. The lowest BCUT2D eigenvalue weighted by molar-refractivity contribution is 0.0637. The maximum atomic E-state index is 13.3. The van der Waals surface area contributed by atoms with Crippen molar-refractivity contribution < 1.29 is 9.32 Å². The zero-order chi connectivity index (χ0) is 18.3. The van der Waals surface area contributed by atoms with Gasteiger partial charge in [0, 0.05) is 23.8 Å². The van der Waals surface area contributed by atoms with Crippen molar-refractivity contribution in [2.45, 2.75) is 46.1 Å². The van der Waals surface area contributed by atoms with Gasteiger partial charge in [0.1, 0.15) is 5.69 Å². The van der Waals surface area contributed by atoms with Gasteiger partial charge in [-0.05, 0) is 46.1 Å². The van der Waals surface area contributed by atoms with Crippen LogP contribution in [0.1, 0.15) is 47.8 Å². The number of aryl methyl sites for hydroxylation is 2. The van der Waals surface area contributed by atoms with Gasteiger partial charge in [-0.15, -0.1) is 0 Å². The van der Waals surface area contributed by atoms with E-state index in [9.17, 15) is 4.79 Å². The van der Waals surface area contributed by atoms with Gasteiger partial charge in [-0.3, -0.25) is 4.79 Å². The molecule has 2 aromatic heterocycles. The van der Waals surface area contributed by atoms with E-state index in [2.05, 4.69) is 17.1 Å². The summed E-state index contributed by atoms with van der Waals surface area (Å²) in [5.41, 5.74) is 4.61. The lowest BCUT2D eigenvalue weighted by atomic mass is 9.99. The van der Waals surface area contributed by atoms with Crippen LogP contribution in [0.4, 0.5) is 0 Å². The number of aromatic nitrogens is 2. The molecule has 0 radical (unpaired) electrons. The lowest BCUT2D eigenvalue weighted by Crippen LogP contribution is -2.42. The van der Waals surface area contributed by atoms with Crippen LogP contribution in [0, 0.1) is 13.8 Å². The highest BCUT2D eigenvalue weighted by Gasteiger charge is 2.28. The third-order valence-electron chi connectivity index (χ3n) is 5.19. The highest BCUT2D eigenvalue weighted by atomic mass is 16.5. The molecular formula is C21H23N3O2. The second-order valence-corrected chi connectivity index (χ2v) is 7.23. The number of likely N-dealkylation sites (tertiary alicyclic amines) is 1. The van der Waals surface area contributed by atoms with E-state index in [0.717, 1.165) is 30.6 Å². The molecule has 1 aliphatic heterocycles. The number of carbonyl (C=O) groups is 1. The maximum Gasteiger partial charge on any atom is 0.259 e. The van der Waals surface area contributed by atoms with Gasteiger partial charge in [-0.1, -0.05) is 35.0 Å². The summed E-state index contributed by atoms with van der Waals surface area (Å²) in [7, 11) is 0. The molecule has 4 rings (SSSR count). The summed E-state index contributed by atoms with van der Waals surface area (Å²) in [6, 6.07) is 10.2. The molecule has 1 fully saturated rings. The number of benzene rings is 1. The van der Waals surface area contributed by atoms with Crippen LogP contribution in [0.5, 0.6) is 0 Å². The molecular weight excluding hydrogens is 326 g/mol. The van der Waals surface area contributed by atoms with Gasteiger partial charge in [0.05, 0.1) is 10.9 Å². The number of carbonyl (C=O) groups excluding carboxylic acids is 1. The zero-order valence-corrected chi connectivity index (χ0v) is 15.5. The largest absolute Gasteiger partial charge is 0.336 e. The number of fused-ring (bicyclic) bond motifs is 1. The monoisotopic (exact) mass is 349 g/mol. The number of amides is 1. The molecule has 0 spiro atoms. The zero-order valence-electron chi connectivity index (χ0n) is 15.5. The average molecular weight is 349 g/mol. The quantitative estimate of drug-likeness (QED) is 0.682. The number of pyridine rings is 1. The Kier molecular flexibility index (Phi) is 4.23. The summed E-state index contributed by atoms with van der Waals surface area (Å²) in [4.78, 5) is 19.8. The highest BCUT2D eigenvalue weighted by Crippen LogP contribution is 2.32. The normalized spacial score (nSPS) is 17.7. The van der Waals surface area contributed by atoms with Crippen LogP contribution < -0.4 is 0 Å². The second kappa shape index (κ2) is 6.56. The summed E-state index contributed by atoms with van der Waals surface area (Å²) in [6.45, 7) is 6.84. The van der Waals surface area contributed by atoms with Crippen molar-refractivity contribution in [3.05, 3.63) is 47.2 Å². The lowest BCUT2D eigenvalue weighted by Gasteiger charge is -2.33. The van der Waals surface area contributed by atoms with E-state index in [1.807, 2.05) is 49.1 Å². The molecule has 0 N–H and O–H groups in total. The Morgan fingerprint density at radius 3 is 2.69 bits per heavy atom. The topological polar surface area (TPSA) is 59.2 Å². The Labute approximate surface area is 153 Å². The van der Waals surface area contributed by atoms with Crippen LogP contribution in [-0.2, 0) is 0 Å². The van der Waals surface area contributed by atoms with Crippen molar-refractivity contribution in [2.75, 3.05) is 6.54 Å². The van der Waals surface area contributed by atoms with Crippen molar-refractivity contribution in [3.63, 3.8) is 0 Å². The van der Waals surface area contributed by atoms with E-state index < -0.39 is 0 Å². The first kappa shape index (κ1) is 16.8. The summed E-state index contributed by atoms with van der Waals surface area (Å²) in [5.74, 6) is 0.0456. The van der Waals surface area contributed by atoms with E-state index in [1.165, 1.54) is 12.0 Å². The first-order valence-electron chi connectivity index (χ1n) is 9.19. The first-order valence-corrected chi connectivity index (χ1v) is 9.19. The van der Waals surface area contributed by atoms with Gasteiger partial charge in [-0.2, -0.15) is 0 Å². The Hall–Kier alpha value is -2.69. The number of hydrogen-bond acceptors (Lipinski definition) is 4. The van der Waals surface area contributed by atoms with E-state index in [4.69, 9.17) is 4.52 Å². The molecule has 26 heavy (non-hydrogen) atoms. The fourth-order valence-corrected chi connectivity index (χ4v) is 3.71. The minimum atomic E-state index is 0.0456. The minimum absolute atomic E-state index is 0.0456. The number of piperidine rings is 1. The van der Waals surface area contributed by atoms with E-state index in [0.29, 0.717) is 22.4 Å². The molecule has 1 aromatic carbocycles. The van der Waals surface area contributed by atoms with Crippen LogP contribution in [-0.4, -0.2) is 33.5 Å². The molecule has 1 amide bonds. The summed E-state index contributed by atoms with van der Waals surface area (Å²) in [6.07, 6.45) is 3.28.